The summed E-state index contributed by atoms with van der Waals surface area (Å²) >= 11 is 0. The van der Waals surface area contributed by atoms with Gasteiger partial charge in [-0.15, -0.1) is 0 Å². The molecule has 0 atom stereocenters. The minimum absolute atomic E-state index is 0.0980. The van der Waals surface area contributed by atoms with Crippen LogP contribution < -0.4 is 10.1 Å². The zero-order chi connectivity index (χ0) is 17.2. The predicted octanol–water partition coefficient (Wildman–Crippen LogP) is 1.58. The largest absolute Gasteiger partial charge is 0.496 e. The van der Waals surface area contributed by atoms with Gasteiger partial charge in [0.2, 0.25) is 5.91 Å². The monoisotopic (exact) mass is 333 g/mol. The van der Waals surface area contributed by atoms with Crippen LogP contribution in [-0.4, -0.2) is 54.7 Å². The second-order valence-corrected chi connectivity index (χ2v) is 6.88. The third-order valence-corrected chi connectivity index (χ3v) is 5.24. The number of carbonyl (C=O) groups is 1. The number of rotatable bonds is 3. The first-order valence-corrected chi connectivity index (χ1v) is 8.65. The number of piperidine rings is 1. The Balaban J connectivity index is 1.62. The summed E-state index contributed by atoms with van der Waals surface area (Å²) in [5.41, 5.74) is 3.08. The molecule has 2 saturated heterocycles. The summed E-state index contributed by atoms with van der Waals surface area (Å²) in [6, 6.07) is 0. The Morgan fingerprint density at radius 1 is 1.38 bits per heavy atom. The van der Waals surface area contributed by atoms with Crippen molar-refractivity contribution in [1.29, 1.82) is 0 Å². The number of aromatic nitrogens is 1. The van der Waals surface area contributed by atoms with E-state index in [9.17, 15) is 4.79 Å². The van der Waals surface area contributed by atoms with E-state index in [-0.39, 0.29) is 11.5 Å². The van der Waals surface area contributed by atoms with E-state index in [0.29, 0.717) is 19.6 Å². The topological polar surface area (TPSA) is 63.7 Å². The lowest BCUT2D eigenvalue weighted by molar-refractivity contribution is -0.120. The Morgan fingerprint density at radius 2 is 2.12 bits per heavy atom. The van der Waals surface area contributed by atoms with Crippen molar-refractivity contribution in [2.45, 2.75) is 45.3 Å². The van der Waals surface area contributed by atoms with Gasteiger partial charge in [0.25, 0.3) is 0 Å². The normalized spacial score (nSPS) is 21.4. The van der Waals surface area contributed by atoms with Crippen LogP contribution in [-0.2, 0) is 16.1 Å². The molecule has 0 aromatic carbocycles. The fraction of sp³-hybridized carbons (Fsp3) is 0.667. The lowest BCUT2D eigenvalue weighted by Gasteiger charge is -2.40. The Kier molecular flexibility index (Phi) is 5.06. The number of aryl methyl sites for hydroxylation is 1. The van der Waals surface area contributed by atoms with Gasteiger partial charge in [0.05, 0.1) is 25.0 Å². The van der Waals surface area contributed by atoms with Crippen LogP contribution in [0.1, 0.15) is 36.1 Å². The molecule has 1 N–H and O–H groups in total. The maximum absolute atomic E-state index is 11.5. The first kappa shape index (κ1) is 17.2. The predicted molar refractivity (Wildman–Crippen MR) is 91.1 cm³/mol. The van der Waals surface area contributed by atoms with Crippen LogP contribution >= 0.6 is 0 Å². The highest BCUT2D eigenvalue weighted by Gasteiger charge is 2.37. The quantitative estimate of drug-likeness (QED) is 0.910. The van der Waals surface area contributed by atoms with Gasteiger partial charge in [-0.05, 0) is 26.7 Å². The standard InChI is InChI=1S/C18H27N3O3/c1-13-10-19-15(14(2)17(13)23-3)11-21-7-5-18(6-8-21)12-20-16(22)4-9-24-18/h10H,4-9,11-12H2,1-3H3,(H,20,22). The molecule has 2 aliphatic heterocycles. The lowest BCUT2D eigenvalue weighted by atomic mass is 9.90. The molecule has 6 heteroatoms. The summed E-state index contributed by atoms with van der Waals surface area (Å²) in [6.45, 7) is 7.98. The molecule has 0 unspecified atom stereocenters. The molecule has 132 valence electrons. The zero-order valence-corrected chi connectivity index (χ0v) is 14.9. The van der Waals surface area contributed by atoms with Crippen LogP contribution in [0.2, 0.25) is 0 Å². The molecule has 6 nitrogen and oxygen atoms in total. The second-order valence-electron chi connectivity index (χ2n) is 6.88. The van der Waals surface area contributed by atoms with Crippen molar-refractivity contribution in [1.82, 2.24) is 15.2 Å². The maximum atomic E-state index is 11.5. The molecule has 0 aliphatic carbocycles. The summed E-state index contributed by atoms with van der Waals surface area (Å²) in [6.07, 6.45) is 4.24. The summed E-state index contributed by atoms with van der Waals surface area (Å²) in [5, 5.41) is 2.99. The number of hydrogen-bond acceptors (Lipinski definition) is 5. The van der Waals surface area contributed by atoms with Crippen LogP contribution in [0.3, 0.4) is 0 Å². The number of amides is 1. The van der Waals surface area contributed by atoms with E-state index < -0.39 is 0 Å². The fourth-order valence-electron chi connectivity index (χ4n) is 3.64. The van der Waals surface area contributed by atoms with Crippen molar-refractivity contribution in [2.24, 2.45) is 0 Å². The molecule has 24 heavy (non-hydrogen) atoms. The molecule has 1 aromatic rings. The first-order valence-electron chi connectivity index (χ1n) is 8.65. The maximum Gasteiger partial charge on any atom is 0.222 e. The van der Waals surface area contributed by atoms with E-state index in [1.807, 2.05) is 13.1 Å². The molecule has 0 saturated carbocycles. The van der Waals surface area contributed by atoms with Gasteiger partial charge >= 0.3 is 0 Å². The zero-order valence-electron chi connectivity index (χ0n) is 14.9. The van der Waals surface area contributed by atoms with Crippen molar-refractivity contribution >= 4 is 5.91 Å². The van der Waals surface area contributed by atoms with Crippen molar-refractivity contribution in [3.63, 3.8) is 0 Å². The minimum atomic E-state index is -0.184. The number of pyridine rings is 1. The number of nitrogens with one attached hydrogen (secondary N) is 1. The molecule has 3 heterocycles. The van der Waals surface area contributed by atoms with Crippen molar-refractivity contribution < 1.29 is 14.3 Å². The number of nitrogens with zero attached hydrogens (tertiary/aromatic N) is 2. The van der Waals surface area contributed by atoms with Crippen LogP contribution in [0.15, 0.2) is 6.20 Å². The molecular formula is C18H27N3O3. The van der Waals surface area contributed by atoms with Crippen LogP contribution in [0.4, 0.5) is 0 Å². The van der Waals surface area contributed by atoms with Gasteiger partial charge < -0.3 is 14.8 Å². The van der Waals surface area contributed by atoms with Crippen molar-refractivity contribution in [2.75, 3.05) is 33.4 Å². The molecule has 3 rings (SSSR count). The minimum Gasteiger partial charge on any atom is -0.496 e. The molecule has 2 aliphatic rings. The Labute approximate surface area is 143 Å². The third-order valence-electron chi connectivity index (χ3n) is 5.24. The van der Waals surface area contributed by atoms with Gasteiger partial charge in [0.15, 0.2) is 0 Å². The summed E-state index contributed by atoms with van der Waals surface area (Å²) < 4.78 is 11.5. The van der Waals surface area contributed by atoms with Crippen LogP contribution in [0, 0.1) is 13.8 Å². The molecular weight excluding hydrogens is 306 g/mol. The van der Waals surface area contributed by atoms with E-state index in [2.05, 4.69) is 22.1 Å². The van der Waals surface area contributed by atoms with Gasteiger partial charge in [0, 0.05) is 49.9 Å². The Hall–Kier alpha value is -1.66. The number of ether oxygens (including phenoxy) is 2. The van der Waals surface area contributed by atoms with Gasteiger partial charge in [-0.1, -0.05) is 0 Å². The van der Waals surface area contributed by atoms with Gasteiger partial charge in [0.1, 0.15) is 5.75 Å². The Bertz CT molecular complexity index is 610. The molecule has 1 aromatic heterocycles. The van der Waals surface area contributed by atoms with Crippen molar-refractivity contribution in [3.05, 3.63) is 23.0 Å². The first-order chi connectivity index (χ1) is 11.5. The molecule has 1 spiro atoms. The van der Waals surface area contributed by atoms with Crippen LogP contribution in [0.25, 0.3) is 0 Å². The van der Waals surface area contributed by atoms with E-state index >= 15 is 0 Å². The van der Waals surface area contributed by atoms with Crippen LogP contribution in [0.5, 0.6) is 5.75 Å². The van der Waals surface area contributed by atoms with Gasteiger partial charge in [-0.2, -0.15) is 0 Å². The smallest absolute Gasteiger partial charge is 0.222 e. The highest BCUT2D eigenvalue weighted by molar-refractivity contribution is 5.76. The summed E-state index contributed by atoms with van der Waals surface area (Å²) in [5.74, 6) is 1.03. The van der Waals surface area contributed by atoms with E-state index in [1.54, 1.807) is 7.11 Å². The lowest BCUT2D eigenvalue weighted by Crippen LogP contribution is -2.50. The van der Waals surface area contributed by atoms with Gasteiger partial charge in [-0.3, -0.25) is 14.7 Å². The van der Waals surface area contributed by atoms with Crippen molar-refractivity contribution in [3.8, 4) is 5.75 Å². The molecule has 0 radical (unpaired) electrons. The molecule has 1 amide bonds. The average Bonchev–Trinajstić information content (AvgIpc) is 2.75. The fourth-order valence-corrected chi connectivity index (χ4v) is 3.64. The highest BCUT2D eigenvalue weighted by Crippen LogP contribution is 2.30. The number of likely N-dealkylation sites (tertiary alicyclic amines) is 1. The highest BCUT2D eigenvalue weighted by atomic mass is 16.5. The summed E-state index contributed by atoms with van der Waals surface area (Å²) in [7, 11) is 1.71. The van der Waals surface area contributed by atoms with E-state index in [0.717, 1.165) is 55.0 Å². The Morgan fingerprint density at radius 3 is 2.83 bits per heavy atom. The molecule has 2 fully saturated rings. The van der Waals surface area contributed by atoms with E-state index in [1.165, 1.54) is 0 Å². The second kappa shape index (κ2) is 7.07. The molecule has 0 bridgehead atoms. The number of carbonyl (C=O) groups excluding carboxylic acids is 1. The third kappa shape index (κ3) is 3.54. The number of methoxy groups -OCH3 is 1. The number of hydrogen-bond donors (Lipinski definition) is 1. The SMILES string of the molecule is COc1c(C)cnc(CN2CCC3(CC2)CNC(=O)CCO3)c1C. The average molecular weight is 333 g/mol. The summed E-state index contributed by atoms with van der Waals surface area (Å²) in [4.78, 5) is 18.5. The van der Waals surface area contributed by atoms with E-state index in [4.69, 9.17) is 9.47 Å². The van der Waals surface area contributed by atoms with Gasteiger partial charge in [-0.25, -0.2) is 0 Å².